The lowest BCUT2D eigenvalue weighted by Gasteiger charge is -2.46. The number of ether oxygens (including phenoxy) is 3. The van der Waals surface area contributed by atoms with Gasteiger partial charge in [-0.2, -0.15) is 0 Å². The SMILES string of the molecule is CCC1OC(OC2C(O)[C@H](CC)O[C@@H](CC)C2O)[C@@H](O)[C@@H](O)[C@H]1O. The molecule has 0 bridgehead atoms. The zero-order valence-electron chi connectivity index (χ0n) is 14.4. The van der Waals surface area contributed by atoms with E-state index in [9.17, 15) is 25.5 Å². The molecule has 2 aliphatic heterocycles. The van der Waals surface area contributed by atoms with E-state index in [1.165, 1.54) is 0 Å². The number of hydrogen-bond acceptors (Lipinski definition) is 8. The molecule has 5 N–H and O–H groups in total. The van der Waals surface area contributed by atoms with Crippen LogP contribution in [0.25, 0.3) is 0 Å². The van der Waals surface area contributed by atoms with Crippen molar-refractivity contribution in [3.05, 3.63) is 0 Å². The van der Waals surface area contributed by atoms with Crippen LogP contribution in [0.5, 0.6) is 0 Å². The minimum absolute atomic E-state index is 0.416. The maximum absolute atomic E-state index is 10.4. The topological polar surface area (TPSA) is 129 Å². The van der Waals surface area contributed by atoms with Crippen LogP contribution in [0, 0.1) is 0 Å². The monoisotopic (exact) mass is 350 g/mol. The van der Waals surface area contributed by atoms with Crippen molar-refractivity contribution in [1.82, 2.24) is 0 Å². The molecule has 0 aromatic heterocycles. The zero-order chi connectivity index (χ0) is 18.0. The highest BCUT2D eigenvalue weighted by atomic mass is 16.7. The Morgan fingerprint density at radius 2 is 1.08 bits per heavy atom. The Kier molecular flexibility index (Phi) is 6.98. The van der Waals surface area contributed by atoms with Crippen LogP contribution in [-0.4, -0.2) is 86.8 Å². The first-order valence-corrected chi connectivity index (χ1v) is 8.72. The molecule has 2 rings (SSSR count). The van der Waals surface area contributed by atoms with Crippen molar-refractivity contribution in [1.29, 1.82) is 0 Å². The summed E-state index contributed by atoms with van der Waals surface area (Å²) in [6.07, 6.45) is -8.79. The van der Waals surface area contributed by atoms with Gasteiger partial charge in [0.25, 0.3) is 0 Å². The summed E-state index contributed by atoms with van der Waals surface area (Å²) in [5, 5.41) is 50.8. The molecule has 8 nitrogen and oxygen atoms in total. The molecule has 142 valence electrons. The lowest BCUT2D eigenvalue weighted by molar-refractivity contribution is -0.338. The molecule has 2 saturated heterocycles. The third-order valence-electron chi connectivity index (χ3n) is 4.95. The van der Waals surface area contributed by atoms with Gasteiger partial charge in [-0.15, -0.1) is 0 Å². The van der Waals surface area contributed by atoms with Crippen molar-refractivity contribution in [2.45, 2.75) is 101 Å². The van der Waals surface area contributed by atoms with E-state index in [1.807, 2.05) is 13.8 Å². The minimum atomic E-state index is -1.48. The molecule has 0 aromatic carbocycles. The smallest absolute Gasteiger partial charge is 0.187 e. The summed E-state index contributed by atoms with van der Waals surface area (Å²) in [7, 11) is 0. The highest BCUT2D eigenvalue weighted by Gasteiger charge is 2.49. The van der Waals surface area contributed by atoms with Gasteiger partial charge in [0.05, 0.1) is 18.3 Å². The first-order chi connectivity index (χ1) is 11.3. The first kappa shape index (κ1) is 20.0. The standard InChI is InChI=1S/C16H30O8/c1-4-7-10(17)13(20)14(21)16(23-7)24-15-11(18)8(5-2)22-9(6-3)12(15)19/h7-21H,4-6H2,1-3H3/t7?,8-,9-,10-,11?,12?,13-,14-,15?,16?/m0/s1. The van der Waals surface area contributed by atoms with Gasteiger partial charge >= 0.3 is 0 Å². The van der Waals surface area contributed by atoms with Crippen LogP contribution in [0.15, 0.2) is 0 Å². The van der Waals surface area contributed by atoms with Crippen molar-refractivity contribution >= 4 is 0 Å². The van der Waals surface area contributed by atoms with E-state index < -0.39 is 61.2 Å². The summed E-state index contributed by atoms with van der Waals surface area (Å²) in [5.74, 6) is 0. The molecule has 9 atom stereocenters. The summed E-state index contributed by atoms with van der Waals surface area (Å²) in [6, 6.07) is 0. The third-order valence-corrected chi connectivity index (χ3v) is 4.95. The van der Waals surface area contributed by atoms with Gasteiger partial charge < -0.3 is 39.7 Å². The van der Waals surface area contributed by atoms with Crippen LogP contribution in [0.3, 0.4) is 0 Å². The van der Waals surface area contributed by atoms with E-state index in [1.54, 1.807) is 6.92 Å². The Bertz CT molecular complexity index is 376. The first-order valence-electron chi connectivity index (χ1n) is 8.72. The molecule has 2 heterocycles. The molecule has 0 amide bonds. The van der Waals surface area contributed by atoms with Crippen LogP contribution >= 0.6 is 0 Å². The van der Waals surface area contributed by atoms with E-state index in [0.717, 1.165) is 0 Å². The Morgan fingerprint density at radius 1 is 0.625 bits per heavy atom. The summed E-state index contributed by atoms with van der Waals surface area (Å²) < 4.78 is 16.8. The molecule has 0 spiro atoms. The van der Waals surface area contributed by atoms with Crippen LogP contribution in [0.4, 0.5) is 0 Å². The molecule has 2 fully saturated rings. The van der Waals surface area contributed by atoms with Crippen LogP contribution in [-0.2, 0) is 14.2 Å². The third kappa shape index (κ3) is 3.76. The van der Waals surface area contributed by atoms with Crippen molar-refractivity contribution in [3.63, 3.8) is 0 Å². The van der Waals surface area contributed by atoms with E-state index in [4.69, 9.17) is 14.2 Å². The van der Waals surface area contributed by atoms with Gasteiger partial charge in [0.1, 0.15) is 36.6 Å². The number of aliphatic hydroxyl groups excluding tert-OH is 5. The van der Waals surface area contributed by atoms with Gasteiger partial charge in [-0.1, -0.05) is 20.8 Å². The quantitative estimate of drug-likeness (QED) is 0.423. The van der Waals surface area contributed by atoms with Gasteiger partial charge in [-0.3, -0.25) is 0 Å². The van der Waals surface area contributed by atoms with E-state index in [-0.39, 0.29) is 0 Å². The molecule has 0 aliphatic carbocycles. The van der Waals surface area contributed by atoms with Crippen LogP contribution in [0.2, 0.25) is 0 Å². The van der Waals surface area contributed by atoms with E-state index in [0.29, 0.717) is 19.3 Å². The minimum Gasteiger partial charge on any atom is -0.388 e. The van der Waals surface area contributed by atoms with E-state index >= 15 is 0 Å². The number of rotatable bonds is 5. The summed E-state index contributed by atoms with van der Waals surface area (Å²) >= 11 is 0. The van der Waals surface area contributed by atoms with Crippen LogP contribution in [0.1, 0.15) is 40.0 Å². The second kappa shape index (κ2) is 8.37. The Balaban J connectivity index is 2.14. The van der Waals surface area contributed by atoms with Gasteiger partial charge in [-0.25, -0.2) is 0 Å². The molecule has 0 saturated carbocycles. The average molecular weight is 350 g/mol. The second-order valence-electron chi connectivity index (χ2n) is 6.53. The fraction of sp³-hybridized carbons (Fsp3) is 1.00. The average Bonchev–Trinajstić information content (AvgIpc) is 2.58. The molecular formula is C16H30O8. The summed E-state index contributed by atoms with van der Waals surface area (Å²) in [5.41, 5.74) is 0. The van der Waals surface area contributed by atoms with Gasteiger partial charge in [-0.05, 0) is 19.3 Å². The van der Waals surface area contributed by atoms with Crippen molar-refractivity contribution in [2.75, 3.05) is 0 Å². The fourth-order valence-corrected chi connectivity index (χ4v) is 3.37. The number of hydrogen-bond donors (Lipinski definition) is 5. The molecule has 4 unspecified atom stereocenters. The van der Waals surface area contributed by atoms with E-state index in [2.05, 4.69) is 0 Å². The molecule has 0 aromatic rings. The second-order valence-corrected chi connectivity index (χ2v) is 6.53. The summed E-state index contributed by atoms with van der Waals surface area (Å²) in [4.78, 5) is 0. The normalized spacial score (nSPS) is 50.0. The van der Waals surface area contributed by atoms with Crippen molar-refractivity contribution < 1.29 is 39.7 Å². The van der Waals surface area contributed by atoms with Crippen molar-refractivity contribution in [2.24, 2.45) is 0 Å². The number of aliphatic hydroxyl groups is 5. The molecule has 2 aliphatic rings. The Hall–Kier alpha value is -0.320. The maximum atomic E-state index is 10.4. The van der Waals surface area contributed by atoms with Gasteiger partial charge in [0, 0.05) is 0 Å². The molecule has 8 heteroatoms. The van der Waals surface area contributed by atoms with Gasteiger partial charge in [0.2, 0.25) is 0 Å². The Morgan fingerprint density at radius 3 is 1.54 bits per heavy atom. The highest BCUT2D eigenvalue weighted by Crippen LogP contribution is 2.31. The molecule has 24 heavy (non-hydrogen) atoms. The predicted molar refractivity (Wildman–Crippen MR) is 83.1 cm³/mol. The van der Waals surface area contributed by atoms with Crippen LogP contribution < -0.4 is 0 Å². The van der Waals surface area contributed by atoms with Gasteiger partial charge in [0.15, 0.2) is 6.29 Å². The maximum Gasteiger partial charge on any atom is 0.187 e. The predicted octanol–water partition coefficient (Wildman–Crippen LogP) is -1.10. The largest absolute Gasteiger partial charge is 0.388 e. The molecular weight excluding hydrogens is 320 g/mol. The molecule has 0 radical (unpaired) electrons. The summed E-state index contributed by atoms with van der Waals surface area (Å²) in [6.45, 7) is 5.48. The zero-order valence-corrected chi connectivity index (χ0v) is 14.4. The lowest BCUT2D eigenvalue weighted by Crippen LogP contribution is -2.63. The fourth-order valence-electron chi connectivity index (χ4n) is 3.37. The highest BCUT2D eigenvalue weighted by molar-refractivity contribution is 4.95. The van der Waals surface area contributed by atoms with Crippen molar-refractivity contribution in [3.8, 4) is 0 Å². The Labute approximate surface area is 142 Å². The lowest BCUT2D eigenvalue weighted by atomic mass is 9.92.